The summed E-state index contributed by atoms with van der Waals surface area (Å²) in [6.07, 6.45) is -3.24. The van der Waals surface area contributed by atoms with Crippen LogP contribution < -0.4 is 5.32 Å². The van der Waals surface area contributed by atoms with Crippen molar-refractivity contribution in [2.75, 3.05) is 26.2 Å². The quantitative estimate of drug-likeness (QED) is 0.902. The number of rotatable bonds is 5. The molecule has 2 heterocycles. The zero-order chi connectivity index (χ0) is 15.6. The molecule has 3 nitrogen and oxygen atoms in total. The number of nitrogens with one attached hydrogen (secondary N) is 1. The summed E-state index contributed by atoms with van der Waals surface area (Å²) >= 11 is 0. The van der Waals surface area contributed by atoms with Gasteiger partial charge in [0.1, 0.15) is 0 Å². The molecule has 0 spiro atoms. The van der Waals surface area contributed by atoms with E-state index in [0.717, 1.165) is 19.5 Å². The highest BCUT2D eigenvalue weighted by atomic mass is 19.4. The van der Waals surface area contributed by atoms with Crippen molar-refractivity contribution in [3.05, 3.63) is 23.0 Å². The summed E-state index contributed by atoms with van der Waals surface area (Å²) in [7, 11) is 2.04. The monoisotopic (exact) mass is 303 g/mol. The molecule has 1 unspecified atom stereocenters. The van der Waals surface area contributed by atoms with Gasteiger partial charge >= 0.3 is 6.18 Å². The zero-order valence-electron chi connectivity index (χ0n) is 12.9. The molecule has 1 aliphatic heterocycles. The van der Waals surface area contributed by atoms with Gasteiger partial charge in [0.05, 0.1) is 6.54 Å². The molecular formula is C15H24F3N3. The number of nitrogens with zero attached hydrogens (tertiary/aromatic N) is 2. The van der Waals surface area contributed by atoms with E-state index in [1.807, 2.05) is 7.05 Å². The van der Waals surface area contributed by atoms with Crippen molar-refractivity contribution in [2.45, 2.75) is 33.0 Å². The van der Waals surface area contributed by atoms with Gasteiger partial charge in [-0.2, -0.15) is 13.2 Å². The standard InChI is InChI=1S/C15H24F3N3/c1-11-6-14(12(2)20(11)3)8-19-7-13-4-5-21(9-13)10-15(16,17)18/h6,13,19H,4-5,7-10H2,1-3H3. The first-order chi connectivity index (χ1) is 9.76. The van der Waals surface area contributed by atoms with E-state index >= 15 is 0 Å². The van der Waals surface area contributed by atoms with Crippen LogP contribution in [0.25, 0.3) is 0 Å². The van der Waals surface area contributed by atoms with Gasteiger partial charge in [0.2, 0.25) is 0 Å². The second-order valence-electron chi connectivity index (χ2n) is 6.09. The van der Waals surface area contributed by atoms with Crippen molar-refractivity contribution in [2.24, 2.45) is 13.0 Å². The molecule has 2 rings (SSSR count). The molecule has 1 saturated heterocycles. The molecule has 120 valence electrons. The number of likely N-dealkylation sites (tertiary alicyclic amines) is 1. The Morgan fingerprint density at radius 1 is 1.33 bits per heavy atom. The van der Waals surface area contributed by atoms with Gasteiger partial charge in [-0.05, 0) is 50.9 Å². The molecule has 1 N–H and O–H groups in total. The van der Waals surface area contributed by atoms with Gasteiger partial charge in [-0.1, -0.05) is 0 Å². The third-order valence-corrected chi connectivity index (χ3v) is 4.40. The Kier molecular flexibility index (Phi) is 4.99. The second-order valence-corrected chi connectivity index (χ2v) is 6.09. The molecule has 1 atom stereocenters. The number of aryl methyl sites for hydroxylation is 1. The maximum atomic E-state index is 12.3. The molecule has 1 aliphatic rings. The maximum Gasteiger partial charge on any atom is 0.401 e. The average Bonchev–Trinajstić information content (AvgIpc) is 2.89. The van der Waals surface area contributed by atoms with Gasteiger partial charge in [0, 0.05) is 31.5 Å². The third-order valence-electron chi connectivity index (χ3n) is 4.40. The van der Waals surface area contributed by atoms with Crippen molar-refractivity contribution in [3.63, 3.8) is 0 Å². The molecular weight excluding hydrogens is 279 g/mol. The van der Waals surface area contributed by atoms with Crippen molar-refractivity contribution in [3.8, 4) is 0 Å². The van der Waals surface area contributed by atoms with Crippen LogP contribution in [0.2, 0.25) is 0 Å². The van der Waals surface area contributed by atoms with Crippen LogP contribution in [0, 0.1) is 19.8 Å². The summed E-state index contributed by atoms with van der Waals surface area (Å²) in [5.74, 6) is 0.317. The summed E-state index contributed by atoms with van der Waals surface area (Å²) in [6, 6.07) is 2.16. The van der Waals surface area contributed by atoms with Gasteiger partial charge in [-0.25, -0.2) is 0 Å². The molecule has 6 heteroatoms. The van der Waals surface area contributed by atoms with Crippen LogP contribution in [-0.4, -0.2) is 41.8 Å². The molecule has 0 amide bonds. The van der Waals surface area contributed by atoms with Crippen LogP contribution in [-0.2, 0) is 13.6 Å². The van der Waals surface area contributed by atoms with E-state index in [1.165, 1.54) is 21.9 Å². The van der Waals surface area contributed by atoms with Gasteiger partial charge in [-0.3, -0.25) is 4.90 Å². The Morgan fingerprint density at radius 3 is 2.62 bits per heavy atom. The molecule has 0 bridgehead atoms. The molecule has 1 fully saturated rings. The number of alkyl halides is 3. The van der Waals surface area contributed by atoms with Crippen LogP contribution in [0.5, 0.6) is 0 Å². The first-order valence-corrected chi connectivity index (χ1v) is 7.38. The summed E-state index contributed by atoms with van der Waals surface area (Å²) < 4.78 is 39.1. The fourth-order valence-electron chi connectivity index (χ4n) is 3.00. The molecule has 21 heavy (non-hydrogen) atoms. The van der Waals surface area contributed by atoms with E-state index in [-0.39, 0.29) is 0 Å². The Morgan fingerprint density at radius 2 is 2.05 bits per heavy atom. The normalized spacial score (nSPS) is 20.4. The second kappa shape index (κ2) is 6.40. The van der Waals surface area contributed by atoms with E-state index in [0.29, 0.717) is 19.0 Å². The Bertz CT molecular complexity index is 479. The van der Waals surface area contributed by atoms with Crippen LogP contribution in [0.3, 0.4) is 0 Å². The third kappa shape index (κ3) is 4.48. The van der Waals surface area contributed by atoms with E-state index < -0.39 is 12.7 Å². The lowest BCUT2D eigenvalue weighted by Crippen LogP contribution is -2.33. The average molecular weight is 303 g/mol. The minimum Gasteiger partial charge on any atom is -0.352 e. The topological polar surface area (TPSA) is 20.2 Å². The predicted octanol–water partition coefficient (Wildman–Crippen LogP) is 2.62. The van der Waals surface area contributed by atoms with Gasteiger partial charge in [-0.15, -0.1) is 0 Å². The van der Waals surface area contributed by atoms with E-state index in [1.54, 1.807) is 0 Å². The summed E-state index contributed by atoms with van der Waals surface area (Å²) in [5.41, 5.74) is 3.73. The number of hydrogen-bond donors (Lipinski definition) is 1. The summed E-state index contributed by atoms with van der Waals surface area (Å²) in [4.78, 5) is 1.50. The zero-order valence-corrected chi connectivity index (χ0v) is 12.9. The molecule has 0 radical (unpaired) electrons. The molecule has 1 aromatic heterocycles. The Balaban J connectivity index is 1.74. The number of aromatic nitrogens is 1. The fraction of sp³-hybridized carbons (Fsp3) is 0.733. The van der Waals surface area contributed by atoms with Crippen LogP contribution in [0.4, 0.5) is 13.2 Å². The largest absolute Gasteiger partial charge is 0.401 e. The lowest BCUT2D eigenvalue weighted by Gasteiger charge is -2.18. The lowest BCUT2D eigenvalue weighted by molar-refractivity contribution is -0.143. The van der Waals surface area contributed by atoms with Gasteiger partial charge in [0.15, 0.2) is 0 Å². The summed E-state index contributed by atoms with van der Waals surface area (Å²) in [6.45, 7) is 6.04. The fourth-order valence-corrected chi connectivity index (χ4v) is 3.00. The van der Waals surface area contributed by atoms with E-state index in [4.69, 9.17) is 0 Å². The van der Waals surface area contributed by atoms with Crippen LogP contribution in [0.1, 0.15) is 23.4 Å². The van der Waals surface area contributed by atoms with Gasteiger partial charge in [0.25, 0.3) is 0 Å². The minimum atomic E-state index is -4.08. The van der Waals surface area contributed by atoms with E-state index in [9.17, 15) is 13.2 Å². The molecule has 0 aliphatic carbocycles. The minimum absolute atomic E-state index is 0.317. The highest BCUT2D eigenvalue weighted by Crippen LogP contribution is 2.22. The first kappa shape index (κ1) is 16.4. The SMILES string of the molecule is Cc1cc(CNCC2CCN(CC(F)(F)F)C2)c(C)n1C. The van der Waals surface area contributed by atoms with Crippen molar-refractivity contribution in [1.29, 1.82) is 0 Å². The molecule has 0 aromatic carbocycles. The van der Waals surface area contributed by atoms with Crippen LogP contribution >= 0.6 is 0 Å². The highest BCUT2D eigenvalue weighted by Gasteiger charge is 2.34. The van der Waals surface area contributed by atoms with Crippen LogP contribution in [0.15, 0.2) is 6.07 Å². The molecule has 0 saturated carbocycles. The number of halogens is 3. The smallest absolute Gasteiger partial charge is 0.352 e. The molecule has 1 aromatic rings. The maximum absolute atomic E-state index is 12.3. The predicted molar refractivity (Wildman–Crippen MR) is 77.2 cm³/mol. The van der Waals surface area contributed by atoms with Crippen molar-refractivity contribution in [1.82, 2.24) is 14.8 Å². The van der Waals surface area contributed by atoms with Gasteiger partial charge < -0.3 is 9.88 Å². The van der Waals surface area contributed by atoms with Crippen molar-refractivity contribution < 1.29 is 13.2 Å². The highest BCUT2D eigenvalue weighted by molar-refractivity contribution is 5.26. The van der Waals surface area contributed by atoms with E-state index in [2.05, 4.69) is 29.8 Å². The Labute approximate surface area is 124 Å². The first-order valence-electron chi connectivity index (χ1n) is 7.38. The lowest BCUT2D eigenvalue weighted by atomic mass is 10.1. The van der Waals surface area contributed by atoms with Crippen molar-refractivity contribution >= 4 is 0 Å². The Hall–Kier alpha value is -1.01. The number of hydrogen-bond acceptors (Lipinski definition) is 2. The summed E-state index contributed by atoms with van der Waals surface area (Å²) in [5, 5.41) is 3.39.